The maximum Gasteiger partial charge on any atom is 0.123 e. The van der Waals surface area contributed by atoms with E-state index >= 15 is 0 Å². The van der Waals surface area contributed by atoms with Crippen LogP contribution in [0.3, 0.4) is 0 Å². The molecule has 0 heterocycles. The fourth-order valence-electron chi connectivity index (χ4n) is 2.01. The minimum atomic E-state index is 0.570. The highest BCUT2D eigenvalue weighted by Gasteiger charge is 1.99. The number of unbranched alkanes of at least 4 members (excludes halogenated alkanes) is 2. The first kappa shape index (κ1) is 15.4. The van der Waals surface area contributed by atoms with Crippen molar-refractivity contribution < 1.29 is 9.47 Å². The molecule has 2 rings (SSSR count). The largest absolute Gasteiger partial charge is 0.493 e. The van der Waals surface area contributed by atoms with Crippen molar-refractivity contribution in [3.05, 3.63) is 60.2 Å². The summed E-state index contributed by atoms with van der Waals surface area (Å²) in [5.41, 5.74) is 6.62. The Balaban J connectivity index is 1.77. The molecule has 21 heavy (non-hydrogen) atoms. The molecule has 0 spiro atoms. The van der Waals surface area contributed by atoms with Gasteiger partial charge in [-0.1, -0.05) is 36.4 Å². The van der Waals surface area contributed by atoms with E-state index in [4.69, 9.17) is 15.2 Å². The third-order valence-corrected chi connectivity index (χ3v) is 3.17. The van der Waals surface area contributed by atoms with Crippen LogP contribution in [-0.2, 0) is 6.61 Å². The summed E-state index contributed by atoms with van der Waals surface area (Å²) >= 11 is 0. The Morgan fingerprint density at radius 3 is 2.29 bits per heavy atom. The van der Waals surface area contributed by atoms with Crippen LogP contribution in [0.15, 0.2) is 54.6 Å². The molecule has 3 heteroatoms. The zero-order valence-electron chi connectivity index (χ0n) is 12.3. The maximum atomic E-state index is 5.78. The van der Waals surface area contributed by atoms with Gasteiger partial charge in [0.1, 0.15) is 18.1 Å². The van der Waals surface area contributed by atoms with Crippen molar-refractivity contribution in [2.45, 2.75) is 25.9 Å². The van der Waals surface area contributed by atoms with E-state index in [9.17, 15) is 0 Å². The van der Waals surface area contributed by atoms with Gasteiger partial charge in [-0.2, -0.15) is 0 Å². The van der Waals surface area contributed by atoms with Gasteiger partial charge in [0.2, 0.25) is 0 Å². The average Bonchev–Trinajstić information content (AvgIpc) is 2.54. The molecule has 0 saturated carbocycles. The number of hydrogen-bond acceptors (Lipinski definition) is 3. The lowest BCUT2D eigenvalue weighted by atomic mass is 10.2. The summed E-state index contributed by atoms with van der Waals surface area (Å²) < 4.78 is 11.5. The number of benzene rings is 2. The van der Waals surface area contributed by atoms with Gasteiger partial charge in [-0.25, -0.2) is 0 Å². The van der Waals surface area contributed by atoms with Gasteiger partial charge in [0, 0.05) is 6.07 Å². The molecule has 0 aromatic heterocycles. The van der Waals surface area contributed by atoms with Crippen LogP contribution in [0, 0.1) is 0 Å². The van der Waals surface area contributed by atoms with Crippen molar-refractivity contribution in [1.82, 2.24) is 0 Å². The van der Waals surface area contributed by atoms with E-state index in [0.717, 1.165) is 49.5 Å². The molecule has 0 aliphatic heterocycles. The monoisotopic (exact) mass is 285 g/mol. The molecular weight excluding hydrogens is 262 g/mol. The molecule has 0 radical (unpaired) electrons. The molecule has 0 unspecified atom stereocenters. The van der Waals surface area contributed by atoms with E-state index in [1.807, 2.05) is 42.5 Å². The van der Waals surface area contributed by atoms with Gasteiger partial charge in [-0.3, -0.25) is 0 Å². The molecule has 2 aromatic carbocycles. The van der Waals surface area contributed by atoms with E-state index < -0.39 is 0 Å². The zero-order valence-corrected chi connectivity index (χ0v) is 12.3. The molecular formula is C18H23NO2. The van der Waals surface area contributed by atoms with Crippen molar-refractivity contribution in [1.29, 1.82) is 0 Å². The third-order valence-electron chi connectivity index (χ3n) is 3.17. The maximum absolute atomic E-state index is 5.78. The van der Waals surface area contributed by atoms with E-state index in [-0.39, 0.29) is 0 Å². The number of hydrogen-bond donors (Lipinski definition) is 1. The summed E-state index contributed by atoms with van der Waals surface area (Å²) in [6.07, 6.45) is 3.20. The highest BCUT2D eigenvalue weighted by molar-refractivity contribution is 5.33. The third kappa shape index (κ3) is 5.88. The Morgan fingerprint density at radius 1 is 0.762 bits per heavy atom. The van der Waals surface area contributed by atoms with Gasteiger partial charge in [0.15, 0.2) is 0 Å². The van der Waals surface area contributed by atoms with Crippen LogP contribution < -0.4 is 15.2 Å². The van der Waals surface area contributed by atoms with Gasteiger partial charge in [-0.05, 0) is 43.5 Å². The molecule has 0 saturated heterocycles. The molecule has 0 fully saturated rings. The standard InChI is InChI=1S/C18H23NO2/c19-12-5-2-6-13-20-17-10-7-11-18(14-17)21-15-16-8-3-1-4-9-16/h1,3-4,7-11,14H,2,5-6,12-13,15,19H2. The number of nitrogens with two attached hydrogens (primary N) is 1. The smallest absolute Gasteiger partial charge is 0.123 e. The molecule has 2 aromatic rings. The molecule has 0 atom stereocenters. The van der Waals surface area contributed by atoms with Crippen molar-refractivity contribution in [2.75, 3.05) is 13.2 Å². The molecule has 0 amide bonds. The van der Waals surface area contributed by atoms with Gasteiger partial charge < -0.3 is 15.2 Å². The Labute approximate surface area is 126 Å². The lowest BCUT2D eigenvalue weighted by Crippen LogP contribution is -2.02. The molecule has 0 aliphatic rings. The summed E-state index contributed by atoms with van der Waals surface area (Å²) in [5.74, 6) is 1.69. The van der Waals surface area contributed by atoms with E-state index in [2.05, 4.69) is 12.1 Å². The Bertz CT molecular complexity index is 514. The van der Waals surface area contributed by atoms with E-state index in [0.29, 0.717) is 6.61 Å². The fourth-order valence-corrected chi connectivity index (χ4v) is 2.01. The Hall–Kier alpha value is -2.00. The normalized spacial score (nSPS) is 10.3. The summed E-state index contributed by atoms with van der Waals surface area (Å²) in [4.78, 5) is 0. The van der Waals surface area contributed by atoms with Crippen LogP contribution in [0.4, 0.5) is 0 Å². The first-order valence-electron chi connectivity index (χ1n) is 7.48. The quantitative estimate of drug-likeness (QED) is 0.713. The zero-order chi connectivity index (χ0) is 14.8. The Morgan fingerprint density at radius 2 is 1.52 bits per heavy atom. The van der Waals surface area contributed by atoms with Crippen LogP contribution >= 0.6 is 0 Å². The van der Waals surface area contributed by atoms with Crippen molar-refractivity contribution in [3.8, 4) is 11.5 Å². The second kappa shape index (κ2) is 9.03. The highest BCUT2D eigenvalue weighted by Crippen LogP contribution is 2.20. The van der Waals surface area contributed by atoms with Crippen LogP contribution in [0.25, 0.3) is 0 Å². The predicted octanol–water partition coefficient (Wildman–Crippen LogP) is 3.77. The van der Waals surface area contributed by atoms with Crippen LogP contribution in [0.5, 0.6) is 11.5 Å². The lowest BCUT2D eigenvalue weighted by Gasteiger charge is -2.09. The minimum absolute atomic E-state index is 0.570. The summed E-state index contributed by atoms with van der Waals surface area (Å²) in [5, 5.41) is 0. The topological polar surface area (TPSA) is 44.5 Å². The number of rotatable bonds is 9. The SMILES string of the molecule is NCCCCCOc1cccc(OCc2ccccc2)c1. The van der Waals surface area contributed by atoms with Crippen LogP contribution in [0.2, 0.25) is 0 Å². The van der Waals surface area contributed by atoms with E-state index in [1.54, 1.807) is 0 Å². The van der Waals surface area contributed by atoms with Crippen LogP contribution in [0.1, 0.15) is 24.8 Å². The van der Waals surface area contributed by atoms with Crippen molar-refractivity contribution >= 4 is 0 Å². The first-order chi connectivity index (χ1) is 10.4. The van der Waals surface area contributed by atoms with Gasteiger partial charge in [0.25, 0.3) is 0 Å². The molecule has 3 nitrogen and oxygen atoms in total. The predicted molar refractivity (Wildman–Crippen MR) is 85.6 cm³/mol. The first-order valence-corrected chi connectivity index (χ1v) is 7.48. The second-order valence-electron chi connectivity index (χ2n) is 4.95. The van der Waals surface area contributed by atoms with Gasteiger partial charge in [-0.15, -0.1) is 0 Å². The molecule has 0 bridgehead atoms. The second-order valence-corrected chi connectivity index (χ2v) is 4.95. The van der Waals surface area contributed by atoms with Crippen LogP contribution in [-0.4, -0.2) is 13.2 Å². The Kier molecular flexibility index (Phi) is 6.62. The fraction of sp³-hybridized carbons (Fsp3) is 0.333. The van der Waals surface area contributed by atoms with Gasteiger partial charge in [0.05, 0.1) is 6.61 Å². The lowest BCUT2D eigenvalue weighted by molar-refractivity contribution is 0.290. The average molecular weight is 285 g/mol. The van der Waals surface area contributed by atoms with Crippen molar-refractivity contribution in [2.24, 2.45) is 5.73 Å². The summed E-state index contributed by atoms with van der Waals surface area (Å²) in [6.45, 7) is 2.05. The number of ether oxygens (including phenoxy) is 2. The minimum Gasteiger partial charge on any atom is -0.493 e. The molecule has 2 N–H and O–H groups in total. The van der Waals surface area contributed by atoms with Crippen molar-refractivity contribution in [3.63, 3.8) is 0 Å². The molecule has 112 valence electrons. The van der Waals surface area contributed by atoms with E-state index in [1.165, 1.54) is 0 Å². The summed E-state index contributed by atoms with van der Waals surface area (Å²) in [7, 11) is 0. The molecule has 0 aliphatic carbocycles. The highest BCUT2D eigenvalue weighted by atomic mass is 16.5. The summed E-state index contributed by atoms with van der Waals surface area (Å²) in [6, 6.07) is 17.9. The van der Waals surface area contributed by atoms with Gasteiger partial charge >= 0.3 is 0 Å².